The van der Waals surface area contributed by atoms with E-state index < -0.39 is 23.8 Å². The van der Waals surface area contributed by atoms with E-state index in [1.54, 1.807) is 51.1 Å². The quantitative estimate of drug-likeness (QED) is 0.445. The number of nitrogens with one attached hydrogen (secondary N) is 1. The first-order chi connectivity index (χ1) is 11.5. The molecule has 7 nitrogen and oxygen atoms in total. The second-order valence-electron chi connectivity index (χ2n) is 4.74. The highest BCUT2D eigenvalue weighted by Crippen LogP contribution is 2.10. The zero-order chi connectivity index (χ0) is 17.9. The van der Waals surface area contributed by atoms with E-state index >= 15 is 0 Å². The molecule has 0 spiro atoms. The van der Waals surface area contributed by atoms with Crippen molar-refractivity contribution in [3.63, 3.8) is 0 Å². The number of carbonyl (C=O) groups is 3. The maximum Gasteiger partial charge on any atom is 0.355 e. The average Bonchev–Trinajstić information content (AvgIpc) is 2.59. The van der Waals surface area contributed by atoms with Crippen LogP contribution in [0.4, 0.5) is 0 Å². The molecule has 1 aromatic rings. The van der Waals surface area contributed by atoms with Crippen molar-refractivity contribution in [2.24, 2.45) is 11.0 Å². The first-order valence-corrected chi connectivity index (χ1v) is 7.81. The van der Waals surface area contributed by atoms with E-state index in [0.29, 0.717) is 5.56 Å². The van der Waals surface area contributed by atoms with Gasteiger partial charge in [0.2, 0.25) is 0 Å². The van der Waals surface area contributed by atoms with Gasteiger partial charge in [0.15, 0.2) is 5.71 Å². The predicted octanol–water partition coefficient (Wildman–Crippen LogP) is 1.92. The van der Waals surface area contributed by atoms with Crippen LogP contribution in [0.2, 0.25) is 0 Å². The minimum Gasteiger partial charge on any atom is -0.465 e. The molecule has 0 radical (unpaired) electrons. The van der Waals surface area contributed by atoms with Crippen molar-refractivity contribution in [2.45, 2.75) is 27.2 Å². The van der Waals surface area contributed by atoms with Gasteiger partial charge in [0, 0.05) is 5.56 Å². The minimum atomic E-state index is -0.903. The third kappa shape index (κ3) is 5.49. The van der Waals surface area contributed by atoms with Crippen LogP contribution in [-0.2, 0) is 19.1 Å². The third-order valence-electron chi connectivity index (χ3n) is 3.11. The fourth-order valence-electron chi connectivity index (χ4n) is 1.95. The molecule has 130 valence electrons. The summed E-state index contributed by atoms with van der Waals surface area (Å²) in [6, 6.07) is 8.41. The largest absolute Gasteiger partial charge is 0.465 e. The van der Waals surface area contributed by atoms with E-state index in [0.717, 1.165) is 0 Å². The molecule has 0 aliphatic rings. The van der Waals surface area contributed by atoms with Gasteiger partial charge in [0.1, 0.15) is 5.92 Å². The smallest absolute Gasteiger partial charge is 0.355 e. The highest BCUT2D eigenvalue weighted by molar-refractivity contribution is 6.40. The van der Waals surface area contributed by atoms with Crippen molar-refractivity contribution in [2.75, 3.05) is 13.2 Å². The fourth-order valence-corrected chi connectivity index (χ4v) is 1.95. The Balaban J connectivity index is 3.01. The molecule has 0 heterocycles. The number of esters is 2. The topological polar surface area (TPSA) is 94.1 Å². The Morgan fingerprint density at radius 2 is 1.67 bits per heavy atom. The number of benzene rings is 1. The van der Waals surface area contributed by atoms with Crippen molar-refractivity contribution in [1.29, 1.82) is 0 Å². The van der Waals surface area contributed by atoms with E-state index in [2.05, 4.69) is 10.5 Å². The Bertz CT molecular complexity index is 598. The van der Waals surface area contributed by atoms with Gasteiger partial charge in [-0.2, -0.15) is 5.10 Å². The van der Waals surface area contributed by atoms with E-state index in [1.165, 1.54) is 0 Å². The summed E-state index contributed by atoms with van der Waals surface area (Å²) in [5, 5.41) is 3.83. The van der Waals surface area contributed by atoms with Gasteiger partial charge >= 0.3 is 11.9 Å². The molecule has 1 N–H and O–H groups in total. The summed E-state index contributed by atoms with van der Waals surface area (Å²) in [4.78, 5) is 36.2. The Morgan fingerprint density at radius 1 is 1.04 bits per heavy atom. The van der Waals surface area contributed by atoms with Gasteiger partial charge in [0.25, 0.3) is 5.91 Å². The maximum atomic E-state index is 12.1. The summed E-state index contributed by atoms with van der Waals surface area (Å²) in [5.74, 6) is -2.73. The molecule has 0 saturated carbocycles. The normalized spacial score (nSPS) is 12.2. The second kappa shape index (κ2) is 10.1. The highest BCUT2D eigenvalue weighted by atomic mass is 16.5. The van der Waals surface area contributed by atoms with E-state index in [1.807, 2.05) is 0 Å². The third-order valence-corrected chi connectivity index (χ3v) is 3.11. The van der Waals surface area contributed by atoms with Crippen molar-refractivity contribution < 1.29 is 23.9 Å². The summed E-state index contributed by atoms with van der Waals surface area (Å²) in [5.41, 5.74) is 2.49. The van der Waals surface area contributed by atoms with Gasteiger partial charge in [-0.1, -0.05) is 25.1 Å². The highest BCUT2D eigenvalue weighted by Gasteiger charge is 2.31. The Kier molecular flexibility index (Phi) is 8.18. The molecule has 1 unspecified atom stereocenters. The molecule has 1 atom stereocenters. The summed E-state index contributed by atoms with van der Waals surface area (Å²) in [7, 11) is 0. The van der Waals surface area contributed by atoms with Crippen LogP contribution in [0.3, 0.4) is 0 Å². The Hall–Kier alpha value is -2.70. The molecule has 0 aliphatic carbocycles. The minimum absolute atomic E-state index is 0.129. The number of ether oxygens (including phenoxy) is 2. The molecule has 1 aromatic carbocycles. The molecule has 0 aliphatic heterocycles. The molecule has 0 aromatic heterocycles. The number of carbonyl (C=O) groups excluding carboxylic acids is 3. The molecule has 0 bridgehead atoms. The van der Waals surface area contributed by atoms with E-state index in [9.17, 15) is 14.4 Å². The molecular weight excluding hydrogens is 312 g/mol. The Morgan fingerprint density at radius 3 is 2.21 bits per heavy atom. The van der Waals surface area contributed by atoms with Gasteiger partial charge in [-0.15, -0.1) is 0 Å². The van der Waals surface area contributed by atoms with Crippen LogP contribution >= 0.6 is 0 Å². The van der Waals surface area contributed by atoms with Crippen molar-refractivity contribution in [3.05, 3.63) is 35.9 Å². The lowest BCUT2D eigenvalue weighted by atomic mass is 10.0. The lowest BCUT2D eigenvalue weighted by molar-refractivity contribution is -0.147. The van der Waals surface area contributed by atoms with E-state index in [-0.39, 0.29) is 25.3 Å². The SMILES string of the molecule is CCOC(=O)/C(=N/NC(=O)c1ccccc1)C(CC)C(=O)OCC. The van der Waals surface area contributed by atoms with Crippen LogP contribution in [-0.4, -0.2) is 36.8 Å². The molecule has 0 fully saturated rings. The summed E-state index contributed by atoms with van der Waals surface area (Å²) >= 11 is 0. The number of nitrogens with zero attached hydrogens (tertiary/aromatic N) is 1. The standard InChI is InChI=1S/C17H22N2O5/c1-4-13(16(21)23-5-2)14(17(22)24-6-3)18-19-15(20)12-10-8-7-9-11-12/h7-11,13H,4-6H2,1-3H3,(H,19,20)/b18-14+. The molecule has 24 heavy (non-hydrogen) atoms. The van der Waals surface area contributed by atoms with E-state index in [4.69, 9.17) is 9.47 Å². The van der Waals surface area contributed by atoms with Crippen molar-refractivity contribution in [3.8, 4) is 0 Å². The molecule has 0 saturated heterocycles. The zero-order valence-electron chi connectivity index (χ0n) is 14.1. The van der Waals surface area contributed by atoms with Crippen LogP contribution in [0.5, 0.6) is 0 Å². The monoisotopic (exact) mass is 334 g/mol. The van der Waals surface area contributed by atoms with Gasteiger partial charge in [-0.05, 0) is 32.4 Å². The van der Waals surface area contributed by atoms with Crippen LogP contribution < -0.4 is 5.43 Å². The summed E-state index contributed by atoms with van der Waals surface area (Å²) < 4.78 is 9.88. The fraction of sp³-hybridized carbons (Fsp3) is 0.412. The van der Waals surface area contributed by atoms with Gasteiger partial charge in [0.05, 0.1) is 13.2 Å². The van der Waals surface area contributed by atoms with Crippen molar-refractivity contribution >= 4 is 23.6 Å². The maximum absolute atomic E-state index is 12.1. The number of amides is 1. The Labute approximate surface area is 141 Å². The van der Waals surface area contributed by atoms with Crippen molar-refractivity contribution in [1.82, 2.24) is 5.43 Å². The van der Waals surface area contributed by atoms with Gasteiger partial charge in [-0.3, -0.25) is 9.59 Å². The van der Waals surface area contributed by atoms with Crippen LogP contribution in [0, 0.1) is 5.92 Å². The molecule has 7 heteroatoms. The van der Waals surface area contributed by atoms with Gasteiger partial charge < -0.3 is 9.47 Å². The number of rotatable bonds is 8. The molecule has 1 rings (SSSR count). The van der Waals surface area contributed by atoms with Gasteiger partial charge in [-0.25, -0.2) is 10.2 Å². The first kappa shape index (κ1) is 19.3. The number of hydrogen-bond acceptors (Lipinski definition) is 6. The van der Waals surface area contributed by atoms with Crippen LogP contribution in [0.1, 0.15) is 37.6 Å². The zero-order valence-corrected chi connectivity index (χ0v) is 14.1. The average molecular weight is 334 g/mol. The van der Waals surface area contributed by atoms with Crippen LogP contribution in [0.15, 0.2) is 35.4 Å². The molecular formula is C17H22N2O5. The lowest BCUT2D eigenvalue weighted by Crippen LogP contribution is -2.35. The van der Waals surface area contributed by atoms with Crippen LogP contribution in [0.25, 0.3) is 0 Å². The summed E-state index contributed by atoms with van der Waals surface area (Å²) in [6.07, 6.45) is 0.289. The lowest BCUT2D eigenvalue weighted by Gasteiger charge is -2.15. The number of hydrogen-bond donors (Lipinski definition) is 1. The first-order valence-electron chi connectivity index (χ1n) is 7.81. The summed E-state index contributed by atoms with van der Waals surface area (Å²) in [6.45, 7) is 5.34. The number of hydrazone groups is 1. The molecule has 1 amide bonds. The predicted molar refractivity (Wildman–Crippen MR) is 88.4 cm³/mol. The second-order valence-corrected chi connectivity index (χ2v) is 4.74.